The summed E-state index contributed by atoms with van der Waals surface area (Å²) in [5, 5.41) is 0.530. The average Bonchev–Trinajstić information content (AvgIpc) is 2.55. The number of halogens is 3. The molecule has 0 aromatic carbocycles. The van der Waals surface area contributed by atoms with Crippen molar-refractivity contribution in [3.05, 3.63) is 30.1 Å². The number of fused-ring (bicyclic) bond motifs is 1. The van der Waals surface area contributed by atoms with Crippen molar-refractivity contribution < 1.29 is 30.7 Å². The number of alkyl halides is 3. The van der Waals surface area contributed by atoms with Crippen LogP contribution in [0.3, 0.4) is 0 Å². The Morgan fingerprint density at radius 3 is 2.39 bits per heavy atom. The van der Waals surface area contributed by atoms with Crippen molar-refractivity contribution in [2.24, 2.45) is 0 Å². The Balaban J connectivity index is 0.000000187. The quantitative estimate of drug-likeness (QED) is 0.335. The van der Waals surface area contributed by atoms with Crippen molar-refractivity contribution in [2.45, 2.75) is 23.7 Å². The standard InChI is InChI=1S/C8H9NS.CHF3O3S/c10-8-5-7-3-1-2-4-9(7)6-8;2-1(3,4)8(5,6)7/h1-4,8H,5-6H2;(H,5,6,7). The Morgan fingerprint density at radius 1 is 1.39 bits per heavy atom. The van der Waals surface area contributed by atoms with Gasteiger partial charge in [0, 0.05) is 12.1 Å². The third-order valence-electron chi connectivity index (χ3n) is 2.17. The number of hydrogen-bond donors (Lipinski definition) is 1. The van der Waals surface area contributed by atoms with Crippen LogP contribution in [0.2, 0.25) is 0 Å². The van der Waals surface area contributed by atoms with Crippen molar-refractivity contribution >= 4 is 22.7 Å². The van der Waals surface area contributed by atoms with Gasteiger partial charge in [-0.05, 0) is 0 Å². The maximum Gasteiger partial charge on any atom is 0.485 e. The second-order valence-electron chi connectivity index (χ2n) is 3.60. The van der Waals surface area contributed by atoms with Gasteiger partial charge >= 0.3 is 5.51 Å². The minimum atomic E-state index is -6.09. The first kappa shape index (κ1) is 15.3. The zero-order valence-electron chi connectivity index (χ0n) is 8.96. The largest absolute Gasteiger partial charge is 0.741 e. The summed E-state index contributed by atoms with van der Waals surface area (Å²) in [4.78, 5) is 0. The molecule has 0 saturated carbocycles. The molecule has 0 fully saturated rings. The molecule has 1 aliphatic rings. The summed E-state index contributed by atoms with van der Waals surface area (Å²) in [6.45, 7) is 1.07. The number of pyridine rings is 1. The van der Waals surface area contributed by atoms with E-state index in [0.717, 1.165) is 13.0 Å². The Bertz CT molecular complexity index is 491. The number of rotatable bonds is 0. The molecule has 102 valence electrons. The first-order chi connectivity index (χ1) is 8.11. The molecule has 2 heterocycles. The van der Waals surface area contributed by atoms with Crippen LogP contribution in [0.25, 0.3) is 0 Å². The lowest BCUT2D eigenvalue weighted by atomic mass is 10.3. The molecule has 0 bridgehead atoms. The molecule has 1 aromatic rings. The van der Waals surface area contributed by atoms with Gasteiger partial charge in [0.25, 0.3) is 0 Å². The van der Waals surface area contributed by atoms with E-state index in [-0.39, 0.29) is 0 Å². The molecule has 18 heavy (non-hydrogen) atoms. The first-order valence-corrected chi connectivity index (χ1v) is 6.71. The van der Waals surface area contributed by atoms with Crippen LogP contribution in [0.15, 0.2) is 24.4 Å². The zero-order chi connectivity index (χ0) is 14.0. The number of thiol groups is 1. The predicted molar refractivity (Wildman–Crippen MR) is 58.9 cm³/mol. The molecular formula is C9H10F3NO3S2. The highest BCUT2D eigenvalue weighted by molar-refractivity contribution is 7.86. The lowest BCUT2D eigenvalue weighted by Crippen LogP contribution is -2.33. The topological polar surface area (TPSA) is 61.1 Å². The first-order valence-electron chi connectivity index (χ1n) is 4.79. The molecule has 4 nitrogen and oxygen atoms in total. The van der Waals surface area contributed by atoms with E-state index in [0.29, 0.717) is 5.25 Å². The predicted octanol–water partition coefficient (Wildman–Crippen LogP) is 0.880. The lowest BCUT2D eigenvalue weighted by molar-refractivity contribution is -0.690. The van der Waals surface area contributed by atoms with Crippen molar-refractivity contribution in [3.63, 3.8) is 0 Å². The minimum Gasteiger partial charge on any atom is -0.741 e. The fourth-order valence-electron chi connectivity index (χ4n) is 1.41. The number of aromatic nitrogens is 1. The average molecular weight is 301 g/mol. The molecule has 1 atom stereocenters. The van der Waals surface area contributed by atoms with Gasteiger partial charge in [-0.3, -0.25) is 0 Å². The van der Waals surface area contributed by atoms with E-state index in [1.165, 1.54) is 5.69 Å². The summed E-state index contributed by atoms with van der Waals surface area (Å²) in [6.07, 6.45) is 3.23. The fraction of sp³-hybridized carbons (Fsp3) is 0.444. The van der Waals surface area contributed by atoms with Crippen molar-refractivity contribution in [2.75, 3.05) is 0 Å². The highest BCUT2D eigenvalue weighted by Gasteiger charge is 2.36. The van der Waals surface area contributed by atoms with Gasteiger partial charge in [-0.1, -0.05) is 6.07 Å². The molecule has 0 saturated heterocycles. The zero-order valence-corrected chi connectivity index (χ0v) is 10.7. The van der Waals surface area contributed by atoms with Gasteiger partial charge in [0.05, 0.1) is 11.7 Å². The summed E-state index contributed by atoms with van der Waals surface area (Å²) in [5.74, 6) is 0. The minimum absolute atomic E-state index is 0.530. The van der Waals surface area contributed by atoms with Crippen LogP contribution < -0.4 is 4.57 Å². The van der Waals surface area contributed by atoms with Gasteiger partial charge in [-0.15, -0.1) is 0 Å². The van der Waals surface area contributed by atoms with Gasteiger partial charge < -0.3 is 4.55 Å². The van der Waals surface area contributed by atoms with Crippen LogP contribution in [0.4, 0.5) is 13.2 Å². The van der Waals surface area contributed by atoms with Crippen molar-refractivity contribution in [1.29, 1.82) is 0 Å². The van der Waals surface area contributed by atoms with Gasteiger partial charge in [-0.2, -0.15) is 25.8 Å². The van der Waals surface area contributed by atoms with Crippen molar-refractivity contribution in [1.82, 2.24) is 0 Å². The van der Waals surface area contributed by atoms with Crippen LogP contribution in [0, 0.1) is 0 Å². The molecule has 1 unspecified atom stereocenters. The Hall–Kier alpha value is -0.800. The number of nitrogens with zero attached hydrogens (tertiary/aromatic N) is 1. The van der Waals surface area contributed by atoms with E-state index in [9.17, 15) is 13.2 Å². The molecular weight excluding hydrogens is 291 g/mol. The third-order valence-corrected chi connectivity index (χ3v) is 3.08. The van der Waals surface area contributed by atoms with Crippen LogP contribution >= 0.6 is 12.6 Å². The van der Waals surface area contributed by atoms with E-state index in [1.54, 1.807) is 0 Å². The van der Waals surface area contributed by atoms with E-state index in [1.807, 2.05) is 0 Å². The second kappa shape index (κ2) is 5.45. The summed E-state index contributed by atoms with van der Waals surface area (Å²) in [6, 6.07) is 6.31. The summed E-state index contributed by atoms with van der Waals surface area (Å²) in [5.41, 5.74) is -4.24. The molecule has 2 rings (SSSR count). The molecule has 0 N–H and O–H groups in total. The van der Waals surface area contributed by atoms with E-state index in [2.05, 4.69) is 41.6 Å². The molecule has 0 aliphatic carbocycles. The van der Waals surface area contributed by atoms with Gasteiger partial charge in [0.1, 0.15) is 0 Å². The van der Waals surface area contributed by atoms with Crippen LogP contribution in [0.5, 0.6) is 0 Å². The van der Waals surface area contributed by atoms with E-state index < -0.39 is 15.6 Å². The van der Waals surface area contributed by atoms with E-state index >= 15 is 0 Å². The number of hydrogen-bond acceptors (Lipinski definition) is 4. The van der Waals surface area contributed by atoms with Gasteiger partial charge in [0.15, 0.2) is 28.6 Å². The Kier molecular flexibility index (Phi) is 4.62. The molecule has 0 spiro atoms. The molecule has 0 radical (unpaired) electrons. The van der Waals surface area contributed by atoms with Crippen LogP contribution in [0.1, 0.15) is 5.69 Å². The summed E-state index contributed by atoms with van der Waals surface area (Å²) in [7, 11) is -6.09. The fourth-order valence-corrected chi connectivity index (χ4v) is 1.77. The monoisotopic (exact) mass is 301 g/mol. The SMILES string of the molecule is O=S(=O)([O-])C(F)(F)F.SC1Cc2cccc[n+]2C1. The Labute approximate surface area is 108 Å². The maximum absolute atomic E-state index is 10.7. The van der Waals surface area contributed by atoms with Gasteiger partial charge in [-0.25, -0.2) is 13.0 Å². The van der Waals surface area contributed by atoms with Crippen LogP contribution in [-0.4, -0.2) is 23.7 Å². The van der Waals surface area contributed by atoms with Crippen molar-refractivity contribution in [3.8, 4) is 0 Å². The van der Waals surface area contributed by atoms with Crippen LogP contribution in [-0.2, 0) is 23.1 Å². The lowest BCUT2D eigenvalue weighted by Gasteiger charge is -2.08. The summed E-state index contributed by atoms with van der Waals surface area (Å²) >= 11 is 4.42. The normalized spacial score (nSPS) is 18.8. The van der Waals surface area contributed by atoms with E-state index in [4.69, 9.17) is 13.0 Å². The Morgan fingerprint density at radius 2 is 1.94 bits per heavy atom. The highest BCUT2D eigenvalue weighted by atomic mass is 32.2. The smallest absolute Gasteiger partial charge is 0.485 e. The summed E-state index contributed by atoms with van der Waals surface area (Å²) < 4.78 is 61.2. The maximum atomic E-state index is 10.7. The molecule has 1 aliphatic heterocycles. The molecule has 1 aromatic heterocycles. The molecule has 0 amide bonds. The third kappa shape index (κ3) is 4.14. The highest BCUT2D eigenvalue weighted by Crippen LogP contribution is 2.20. The van der Waals surface area contributed by atoms with Gasteiger partial charge in [0.2, 0.25) is 0 Å². The molecule has 9 heteroatoms. The second-order valence-corrected chi connectivity index (χ2v) is 5.70.